The molecule has 2 heterocycles. The lowest BCUT2D eigenvalue weighted by atomic mass is 9.50. The molecule has 2 bridgehead atoms. The topological polar surface area (TPSA) is 62.2 Å². The van der Waals surface area contributed by atoms with E-state index in [1.165, 1.54) is 55.3 Å². The highest BCUT2D eigenvalue weighted by Gasteiger charge is 2.67. The van der Waals surface area contributed by atoms with Crippen LogP contribution < -0.4 is 9.47 Å². The molecule has 3 fully saturated rings. The van der Waals surface area contributed by atoms with Gasteiger partial charge in [-0.25, -0.2) is 0 Å². The summed E-state index contributed by atoms with van der Waals surface area (Å²) in [6.07, 6.45) is 15.8. The number of ether oxygens (including phenoxy) is 2. The Hall–Kier alpha value is -3.51. The Morgan fingerprint density at radius 2 is 1.62 bits per heavy atom. The second kappa shape index (κ2) is 14.6. The van der Waals surface area contributed by atoms with Crippen LogP contribution in [0.1, 0.15) is 99.3 Å². The minimum atomic E-state index is -0.195. The second-order valence-electron chi connectivity index (χ2n) is 16.0. The fourth-order valence-electron chi connectivity index (χ4n) is 10.5. The maximum absolute atomic E-state index is 14.4. The Labute approximate surface area is 299 Å². The van der Waals surface area contributed by atoms with Crippen molar-refractivity contribution in [3.63, 3.8) is 0 Å². The molecule has 5 atom stereocenters. The van der Waals surface area contributed by atoms with E-state index in [1.807, 2.05) is 0 Å². The van der Waals surface area contributed by atoms with Crippen LogP contribution >= 0.6 is 0 Å². The molecular formula is C44H56N2O4. The van der Waals surface area contributed by atoms with Gasteiger partial charge in [-0.1, -0.05) is 79.9 Å². The lowest BCUT2D eigenvalue weighted by Gasteiger charge is -2.60. The molecule has 266 valence electrons. The van der Waals surface area contributed by atoms with Gasteiger partial charge in [0.2, 0.25) is 5.91 Å². The number of hydrogen-bond donors (Lipinski definition) is 1. The number of unbranched alkanes of at least 4 members (excludes halogenated alkanes) is 4. The van der Waals surface area contributed by atoms with Crippen molar-refractivity contribution in [2.24, 2.45) is 11.8 Å². The van der Waals surface area contributed by atoms with Crippen molar-refractivity contribution in [2.75, 3.05) is 26.7 Å². The summed E-state index contributed by atoms with van der Waals surface area (Å²) in [5.41, 5.74) is 4.82. The van der Waals surface area contributed by atoms with Crippen LogP contribution in [0.25, 0.3) is 0 Å². The van der Waals surface area contributed by atoms with Crippen molar-refractivity contribution in [3.05, 3.63) is 89.0 Å². The second-order valence-corrected chi connectivity index (χ2v) is 16.0. The molecule has 3 aliphatic carbocycles. The first kappa shape index (κ1) is 33.6. The van der Waals surface area contributed by atoms with E-state index in [4.69, 9.17) is 9.47 Å². The maximum Gasteiger partial charge on any atom is 0.222 e. The summed E-state index contributed by atoms with van der Waals surface area (Å²) in [6.45, 7) is 2.99. The van der Waals surface area contributed by atoms with Crippen molar-refractivity contribution in [1.82, 2.24) is 9.80 Å². The fourth-order valence-corrected chi connectivity index (χ4v) is 10.5. The van der Waals surface area contributed by atoms with Gasteiger partial charge in [-0.05, 0) is 100 Å². The van der Waals surface area contributed by atoms with E-state index in [2.05, 4.69) is 70.5 Å². The summed E-state index contributed by atoms with van der Waals surface area (Å²) in [6, 6.07) is 23.7. The van der Waals surface area contributed by atoms with Crippen molar-refractivity contribution >= 4 is 5.91 Å². The SMILES string of the molecule is COc1cc(O)c2c3c1O[C@H]1[C@@H](N(CCCc4ccccc4)C(=O)CCCCCCCc4ccccc4)CC[C@H]4[C@@H](C2)N(CC2CC2)CC[C@@]341. The number of rotatable bonds is 16. The Morgan fingerprint density at radius 3 is 2.34 bits per heavy atom. The van der Waals surface area contributed by atoms with Crippen molar-refractivity contribution in [3.8, 4) is 17.2 Å². The monoisotopic (exact) mass is 676 g/mol. The Kier molecular flexibility index (Phi) is 9.83. The minimum absolute atomic E-state index is 0.0150. The summed E-state index contributed by atoms with van der Waals surface area (Å²) in [5, 5.41) is 11.4. The van der Waals surface area contributed by atoms with E-state index in [0.29, 0.717) is 29.9 Å². The molecule has 0 aromatic heterocycles. The third-order valence-corrected chi connectivity index (χ3v) is 13.0. The lowest BCUT2D eigenvalue weighted by Crippen LogP contribution is -2.69. The summed E-state index contributed by atoms with van der Waals surface area (Å²) >= 11 is 0. The summed E-state index contributed by atoms with van der Waals surface area (Å²) < 4.78 is 13.0. The van der Waals surface area contributed by atoms with Crippen LogP contribution in [-0.2, 0) is 29.5 Å². The van der Waals surface area contributed by atoms with Crippen LogP contribution in [0.3, 0.4) is 0 Å². The zero-order chi connectivity index (χ0) is 34.1. The van der Waals surface area contributed by atoms with E-state index in [-0.39, 0.29) is 23.5 Å². The maximum atomic E-state index is 14.4. The molecule has 3 aromatic carbocycles. The number of nitrogens with zero attached hydrogens (tertiary/aromatic N) is 2. The van der Waals surface area contributed by atoms with Gasteiger partial charge in [-0.2, -0.15) is 0 Å². The summed E-state index contributed by atoms with van der Waals surface area (Å²) in [7, 11) is 1.68. The molecule has 0 unspecified atom stereocenters. The van der Waals surface area contributed by atoms with Crippen LogP contribution in [0.2, 0.25) is 0 Å². The van der Waals surface area contributed by atoms with E-state index < -0.39 is 0 Å². The predicted octanol–water partition coefficient (Wildman–Crippen LogP) is 8.26. The van der Waals surface area contributed by atoms with E-state index in [0.717, 1.165) is 88.1 Å². The van der Waals surface area contributed by atoms with Gasteiger partial charge in [0.1, 0.15) is 11.9 Å². The lowest BCUT2D eigenvalue weighted by molar-refractivity contribution is -0.143. The van der Waals surface area contributed by atoms with Gasteiger partial charge < -0.3 is 19.5 Å². The number of piperidine rings is 1. The molecule has 1 amide bonds. The molecule has 2 aliphatic heterocycles. The zero-order valence-electron chi connectivity index (χ0n) is 30.0. The normalized spacial score (nSPS) is 26.3. The third-order valence-electron chi connectivity index (χ3n) is 13.0. The van der Waals surface area contributed by atoms with Crippen LogP contribution in [0, 0.1) is 11.8 Å². The van der Waals surface area contributed by atoms with E-state index in [1.54, 1.807) is 13.2 Å². The van der Waals surface area contributed by atoms with Gasteiger partial charge in [0.15, 0.2) is 11.5 Å². The fraction of sp³-hybridized carbons (Fsp3) is 0.568. The summed E-state index contributed by atoms with van der Waals surface area (Å²) in [4.78, 5) is 19.4. The Morgan fingerprint density at radius 1 is 0.920 bits per heavy atom. The van der Waals surface area contributed by atoms with Crippen LogP contribution in [0.15, 0.2) is 66.7 Å². The first-order chi connectivity index (χ1) is 24.6. The molecule has 0 radical (unpaired) electrons. The number of aromatic hydroxyl groups is 1. The molecule has 2 saturated carbocycles. The largest absolute Gasteiger partial charge is 0.508 e. The van der Waals surface area contributed by atoms with Gasteiger partial charge in [0.05, 0.1) is 13.2 Å². The van der Waals surface area contributed by atoms with Gasteiger partial charge in [0, 0.05) is 48.2 Å². The molecule has 6 heteroatoms. The Bertz CT molecular complexity index is 1620. The third kappa shape index (κ3) is 6.42. The molecular weight excluding hydrogens is 620 g/mol. The van der Waals surface area contributed by atoms with Crippen LogP contribution in [0.5, 0.6) is 17.2 Å². The number of amides is 1. The van der Waals surface area contributed by atoms with Crippen LogP contribution in [-0.4, -0.2) is 65.7 Å². The number of phenols is 1. The van der Waals surface area contributed by atoms with E-state index >= 15 is 0 Å². The molecule has 1 spiro atoms. The first-order valence-electron chi connectivity index (χ1n) is 19.8. The van der Waals surface area contributed by atoms with Gasteiger partial charge in [0.25, 0.3) is 0 Å². The average Bonchev–Trinajstić information content (AvgIpc) is 3.90. The highest BCUT2D eigenvalue weighted by molar-refractivity contribution is 5.77. The molecule has 1 N–H and O–H groups in total. The smallest absolute Gasteiger partial charge is 0.222 e. The number of carbonyl (C=O) groups is 1. The number of phenolic OH excluding ortho intramolecular Hbond substituents is 1. The van der Waals surface area contributed by atoms with Gasteiger partial charge in [-0.15, -0.1) is 0 Å². The predicted molar refractivity (Wildman–Crippen MR) is 198 cm³/mol. The molecule has 8 rings (SSSR count). The molecule has 6 nitrogen and oxygen atoms in total. The standard InChI is InChI=1S/C44H56N2O4/c1-49-39-29-38(47)34-28-37-35-23-24-36(43-44(35,41(34)42(39)50-43)25-27-45(37)30-33-21-22-33)46(26-13-19-32-17-10-6-11-18-32)40(48)20-12-4-2-3-7-14-31-15-8-5-9-16-31/h5-6,8-11,15-18,29,33,35-37,43,47H,2-4,7,12-14,19-28,30H2,1H3/t35-,36-,37+,43-,44-/m0/s1. The molecule has 1 saturated heterocycles. The van der Waals surface area contributed by atoms with Crippen molar-refractivity contribution in [1.29, 1.82) is 0 Å². The van der Waals surface area contributed by atoms with Gasteiger partial charge >= 0.3 is 0 Å². The Balaban J connectivity index is 1.01. The van der Waals surface area contributed by atoms with Crippen LogP contribution in [0.4, 0.5) is 0 Å². The number of hydrogen-bond acceptors (Lipinski definition) is 5. The number of aryl methyl sites for hydroxylation is 2. The quantitative estimate of drug-likeness (QED) is 0.155. The highest BCUT2D eigenvalue weighted by atomic mass is 16.5. The number of likely N-dealkylation sites (tertiary alicyclic amines) is 1. The first-order valence-corrected chi connectivity index (χ1v) is 19.8. The minimum Gasteiger partial charge on any atom is -0.508 e. The zero-order valence-corrected chi connectivity index (χ0v) is 30.0. The van der Waals surface area contributed by atoms with E-state index in [9.17, 15) is 9.90 Å². The number of carbonyl (C=O) groups excluding carboxylic acids is 1. The average molecular weight is 677 g/mol. The number of benzene rings is 3. The summed E-state index contributed by atoms with van der Waals surface area (Å²) in [5.74, 6) is 3.41. The molecule has 3 aromatic rings. The molecule has 5 aliphatic rings. The van der Waals surface area contributed by atoms with Crippen molar-refractivity contribution in [2.45, 2.75) is 120 Å². The number of methoxy groups -OCH3 is 1. The molecule has 50 heavy (non-hydrogen) atoms. The van der Waals surface area contributed by atoms with Gasteiger partial charge in [-0.3, -0.25) is 9.69 Å². The highest BCUT2D eigenvalue weighted by Crippen LogP contribution is 2.66. The van der Waals surface area contributed by atoms with Crippen molar-refractivity contribution < 1.29 is 19.4 Å².